The van der Waals surface area contributed by atoms with Crippen LogP contribution in [-0.4, -0.2) is 9.78 Å². The topological polar surface area (TPSA) is 29.9 Å². The zero-order chi connectivity index (χ0) is 22.5. The fourth-order valence-corrected chi connectivity index (χ4v) is 4.54. The Morgan fingerprint density at radius 2 is 1.41 bits per heavy atom. The lowest BCUT2D eigenvalue weighted by Gasteiger charge is -2.35. The minimum absolute atomic E-state index is 0.457. The Hall–Kier alpha value is -3.01. The largest absolute Gasteiger partial charge is 0.357 e. The van der Waals surface area contributed by atoms with Crippen LogP contribution in [0.4, 0.5) is 5.82 Å². The Morgan fingerprint density at radius 3 is 2.03 bits per heavy atom. The van der Waals surface area contributed by atoms with Crippen LogP contribution in [0.5, 0.6) is 0 Å². The van der Waals surface area contributed by atoms with Gasteiger partial charge in [0, 0.05) is 15.6 Å². The Balaban J connectivity index is 1.74. The molecule has 0 spiro atoms. The van der Waals surface area contributed by atoms with Gasteiger partial charge in [-0.15, -0.1) is 0 Å². The zero-order valence-electron chi connectivity index (χ0n) is 18.2. The number of aromatic nitrogens is 2. The number of halogens is 2. The van der Waals surface area contributed by atoms with Gasteiger partial charge in [-0.1, -0.05) is 65.2 Å². The first kappa shape index (κ1) is 20.9. The van der Waals surface area contributed by atoms with Crippen LogP contribution in [-0.2, 0) is 5.54 Å². The van der Waals surface area contributed by atoms with Gasteiger partial charge < -0.3 is 5.32 Å². The molecule has 32 heavy (non-hydrogen) atoms. The normalized spacial score (nSPS) is 17.5. The van der Waals surface area contributed by atoms with Gasteiger partial charge in [0.15, 0.2) is 0 Å². The number of hydrogen-bond acceptors (Lipinski definition) is 2. The van der Waals surface area contributed by atoms with Crippen molar-refractivity contribution in [3.05, 3.63) is 117 Å². The molecular formula is C27H23Cl2N3. The van der Waals surface area contributed by atoms with Crippen molar-refractivity contribution in [3.8, 4) is 5.69 Å². The second-order valence-electron chi connectivity index (χ2n) is 8.46. The van der Waals surface area contributed by atoms with E-state index in [0.29, 0.717) is 0 Å². The van der Waals surface area contributed by atoms with E-state index in [1.165, 1.54) is 5.56 Å². The summed E-state index contributed by atoms with van der Waals surface area (Å²) in [5.74, 6) is 0.969. The summed E-state index contributed by atoms with van der Waals surface area (Å²) in [6, 6.07) is 24.4. The summed E-state index contributed by atoms with van der Waals surface area (Å²) in [5.41, 5.74) is 7.18. The quantitative estimate of drug-likeness (QED) is 0.342. The van der Waals surface area contributed by atoms with Gasteiger partial charge in [0.25, 0.3) is 0 Å². The van der Waals surface area contributed by atoms with Crippen LogP contribution in [0, 0.1) is 13.8 Å². The molecule has 0 unspecified atom stereocenters. The van der Waals surface area contributed by atoms with Crippen LogP contribution in [0.2, 0.25) is 10.0 Å². The highest BCUT2D eigenvalue weighted by Crippen LogP contribution is 2.44. The average molecular weight is 460 g/mol. The molecule has 4 aromatic rings. The van der Waals surface area contributed by atoms with Crippen molar-refractivity contribution in [2.75, 3.05) is 5.32 Å². The van der Waals surface area contributed by atoms with Crippen molar-refractivity contribution in [2.24, 2.45) is 0 Å². The molecule has 5 heteroatoms. The van der Waals surface area contributed by atoms with E-state index in [1.54, 1.807) is 0 Å². The van der Waals surface area contributed by atoms with E-state index in [2.05, 4.69) is 80.7 Å². The van der Waals surface area contributed by atoms with Crippen molar-refractivity contribution in [1.82, 2.24) is 9.78 Å². The number of nitrogens with one attached hydrogen (secondary N) is 1. The summed E-state index contributed by atoms with van der Waals surface area (Å²) in [5, 5.41) is 10.1. The molecule has 0 radical (unpaired) electrons. The van der Waals surface area contributed by atoms with Crippen molar-refractivity contribution in [3.63, 3.8) is 0 Å². The van der Waals surface area contributed by atoms with Gasteiger partial charge in [-0.2, -0.15) is 5.10 Å². The summed E-state index contributed by atoms with van der Waals surface area (Å²) in [7, 11) is 0. The van der Waals surface area contributed by atoms with E-state index < -0.39 is 5.54 Å². The summed E-state index contributed by atoms with van der Waals surface area (Å²) in [4.78, 5) is 0. The second kappa shape index (κ2) is 7.84. The first-order valence-electron chi connectivity index (χ1n) is 10.5. The first-order valence-corrected chi connectivity index (χ1v) is 11.3. The van der Waals surface area contributed by atoms with E-state index in [9.17, 15) is 0 Å². The Kier molecular flexibility index (Phi) is 5.11. The minimum Gasteiger partial charge on any atom is -0.357 e. The molecule has 1 aromatic heterocycles. The third kappa shape index (κ3) is 3.62. The molecule has 0 saturated carbocycles. The predicted octanol–water partition coefficient (Wildman–Crippen LogP) is 7.57. The van der Waals surface area contributed by atoms with Gasteiger partial charge in [-0.3, -0.25) is 0 Å². The molecular weight excluding hydrogens is 437 g/mol. The average Bonchev–Trinajstić information content (AvgIpc) is 3.10. The monoisotopic (exact) mass is 459 g/mol. The number of rotatable bonds is 3. The highest BCUT2D eigenvalue weighted by molar-refractivity contribution is 6.30. The smallest absolute Gasteiger partial charge is 0.138 e. The number of fused-ring (bicyclic) bond motifs is 1. The van der Waals surface area contributed by atoms with Gasteiger partial charge in [0.1, 0.15) is 5.82 Å². The summed E-state index contributed by atoms with van der Waals surface area (Å²) < 4.78 is 2.00. The SMILES string of the molecule is Cc1ccc(-n2nc(C)c3c2N[C@@](C)(c2ccc(Cl)cc2)C=C3c2ccc(Cl)cc2)cc1. The van der Waals surface area contributed by atoms with Gasteiger partial charge in [0.2, 0.25) is 0 Å². The molecule has 3 nitrogen and oxygen atoms in total. The highest BCUT2D eigenvalue weighted by atomic mass is 35.5. The van der Waals surface area contributed by atoms with Crippen molar-refractivity contribution >= 4 is 34.6 Å². The Bertz CT molecular complexity index is 1320. The van der Waals surface area contributed by atoms with Crippen LogP contribution < -0.4 is 5.32 Å². The molecule has 5 rings (SSSR count). The number of hydrogen-bond donors (Lipinski definition) is 1. The first-order chi connectivity index (χ1) is 15.3. The second-order valence-corrected chi connectivity index (χ2v) is 9.33. The highest BCUT2D eigenvalue weighted by Gasteiger charge is 2.35. The van der Waals surface area contributed by atoms with Gasteiger partial charge in [-0.05, 0) is 79.9 Å². The van der Waals surface area contributed by atoms with Gasteiger partial charge in [-0.25, -0.2) is 4.68 Å². The van der Waals surface area contributed by atoms with E-state index in [0.717, 1.165) is 49.5 Å². The molecule has 2 heterocycles. The molecule has 1 aliphatic heterocycles. The van der Waals surface area contributed by atoms with E-state index in [1.807, 2.05) is 28.9 Å². The summed E-state index contributed by atoms with van der Waals surface area (Å²) in [6.45, 7) is 6.32. The Labute approximate surface area is 198 Å². The molecule has 0 amide bonds. The summed E-state index contributed by atoms with van der Waals surface area (Å²) in [6.07, 6.45) is 2.27. The summed E-state index contributed by atoms with van der Waals surface area (Å²) >= 11 is 12.4. The third-order valence-corrected chi connectivity index (χ3v) is 6.52. The lowest BCUT2D eigenvalue weighted by Crippen LogP contribution is -2.34. The van der Waals surface area contributed by atoms with Crippen LogP contribution >= 0.6 is 23.2 Å². The fourth-order valence-electron chi connectivity index (χ4n) is 4.29. The lowest BCUT2D eigenvalue weighted by atomic mass is 9.82. The number of aryl methyl sites for hydroxylation is 2. The van der Waals surface area contributed by atoms with Crippen LogP contribution in [0.1, 0.15) is 34.9 Å². The van der Waals surface area contributed by atoms with E-state index >= 15 is 0 Å². The number of anilines is 1. The molecule has 1 atom stereocenters. The molecule has 0 saturated heterocycles. The maximum absolute atomic E-state index is 6.18. The van der Waals surface area contributed by atoms with E-state index in [-0.39, 0.29) is 0 Å². The van der Waals surface area contributed by atoms with Gasteiger partial charge in [0.05, 0.1) is 16.9 Å². The lowest BCUT2D eigenvalue weighted by molar-refractivity contribution is 0.671. The zero-order valence-corrected chi connectivity index (χ0v) is 19.7. The molecule has 1 N–H and O–H groups in total. The minimum atomic E-state index is -0.457. The number of benzene rings is 3. The van der Waals surface area contributed by atoms with Crippen LogP contribution in [0.3, 0.4) is 0 Å². The standard InChI is InChI=1S/C27H23Cl2N3/c1-17-4-14-23(15-5-17)32-26-25(18(2)31-32)24(19-6-10-21(28)11-7-19)16-27(3,30-26)20-8-12-22(29)13-9-20/h4-16,30H,1-3H3/t27-/m1/s1. The molecule has 1 aliphatic rings. The molecule has 3 aromatic carbocycles. The predicted molar refractivity (Wildman–Crippen MR) is 134 cm³/mol. The van der Waals surface area contributed by atoms with Gasteiger partial charge >= 0.3 is 0 Å². The Morgan fingerprint density at radius 1 is 0.812 bits per heavy atom. The number of nitrogens with zero attached hydrogens (tertiary/aromatic N) is 2. The van der Waals surface area contributed by atoms with Crippen molar-refractivity contribution < 1.29 is 0 Å². The van der Waals surface area contributed by atoms with Crippen LogP contribution in [0.25, 0.3) is 11.3 Å². The van der Waals surface area contributed by atoms with Crippen molar-refractivity contribution in [1.29, 1.82) is 0 Å². The van der Waals surface area contributed by atoms with Crippen LogP contribution in [0.15, 0.2) is 78.9 Å². The third-order valence-electron chi connectivity index (χ3n) is 6.02. The molecule has 0 bridgehead atoms. The molecule has 0 fully saturated rings. The fraction of sp³-hybridized carbons (Fsp3) is 0.148. The molecule has 160 valence electrons. The molecule has 0 aliphatic carbocycles. The maximum atomic E-state index is 6.18. The van der Waals surface area contributed by atoms with E-state index in [4.69, 9.17) is 28.3 Å². The maximum Gasteiger partial charge on any atom is 0.138 e. The van der Waals surface area contributed by atoms with Crippen molar-refractivity contribution in [2.45, 2.75) is 26.3 Å².